The smallest absolute Gasteiger partial charge is 0.0434 e. The molecule has 3 nitrogen and oxygen atoms in total. The molecule has 0 aromatic heterocycles. The fraction of sp³-hybridized carbons (Fsp3) is 1.00. The highest BCUT2D eigenvalue weighted by Crippen LogP contribution is 2.12. The van der Waals surface area contributed by atoms with E-state index in [1.54, 1.807) is 0 Å². The maximum absolute atomic E-state index is 8.86. The molecule has 0 aliphatic carbocycles. The predicted octanol–water partition coefficient (Wildman–Crippen LogP) is 1.91. The molecule has 102 valence electrons. The molecule has 0 bridgehead atoms. The Kier molecular flexibility index (Phi) is 7.82. The van der Waals surface area contributed by atoms with Crippen LogP contribution in [0.1, 0.15) is 52.4 Å². The van der Waals surface area contributed by atoms with E-state index in [2.05, 4.69) is 24.5 Å². The van der Waals surface area contributed by atoms with Crippen molar-refractivity contribution in [3.8, 4) is 0 Å². The van der Waals surface area contributed by atoms with E-state index in [0.717, 1.165) is 13.0 Å². The first-order chi connectivity index (χ1) is 8.22. The molecule has 1 saturated heterocycles. The van der Waals surface area contributed by atoms with Gasteiger partial charge in [0.05, 0.1) is 0 Å². The van der Waals surface area contributed by atoms with E-state index in [0.29, 0.717) is 24.6 Å². The monoisotopic (exact) mass is 242 g/mol. The molecule has 3 N–H and O–H groups in total. The number of aliphatic hydroxyl groups is 1. The van der Waals surface area contributed by atoms with Crippen LogP contribution in [0.4, 0.5) is 0 Å². The van der Waals surface area contributed by atoms with Crippen molar-refractivity contribution in [3.63, 3.8) is 0 Å². The van der Waals surface area contributed by atoms with Gasteiger partial charge in [0.15, 0.2) is 0 Å². The Morgan fingerprint density at radius 3 is 2.88 bits per heavy atom. The van der Waals surface area contributed by atoms with Gasteiger partial charge in [-0.2, -0.15) is 0 Å². The van der Waals surface area contributed by atoms with Crippen LogP contribution in [-0.2, 0) is 0 Å². The third-order valence-corrected chi connectivity index (χ3v) is 3.74. The molecule has 17 heavy (non-hydrogen) atoms. The second-order valence-corrected chi connectivity index (χ2v) is 5.66. The molecule has 0 aromatic carbocycles. The number of hydrogen-bond donors (Lipinski definition) is 3. The van der Waals surface area contributed by atoms with Crippen molar-refractivity contribution in [1.82, 2.24) is 10.6 Å². The number of rotatable bonds is 7. The largest absolute Gasteiger partial charge is 0.396 e. The maximum Gasteiger partial charge on any atom is 0.0434 e. The van der Waals surface area contributed by atoms with Gasteiger partial charge in [-0.05, 0) is 51.6 Å². The molecule has 3 atom stereocenters. The Labute approximate surface area is 106 Å². The van der Waals surface area contributed by atoms with Crippen molar-refractivity contribution < 1.29 is 5.11 Å². The molecule has 0 saturated carbocycles. The van der Waals surface area contributed by atoms with Crippen molar-refractivity contribution in [2.24, 2.45) is 5.92 Å². The van der Waals surface area contributed by atoms with Crippen molar-refractivity contribution in [1.29, 1.82) is 0 Å². The Hall–Kier alpha value is -0.120. The van der Waals surface area contributed by atoms with Gasteiger partial charge in [0.2, 0.25) is 0 Å². The molecular formula is C14H30N2O. The van der Waals surface area contributed by atoms with Gasteiger partial charge in [-0.1, -0.05) is 19.8 Å². The zero-order chi connectivity index (χ0) is 12.5. The summed E-state index contributed by atoms with van der Waals surface area (Å²) in [5.41, 5.74) is 0. The number of aliphatic hydroxyl groups excluding tert-OH is 1. The van der Waals surface area contributed by atoms with Crippen molar-refractivity contribution in [3.05, 3.63) is 0 Å². The first kappa shape index (κ1) is 14.9. The van der Waals surface area contributed by atoms with Gasteiger partial charge in [0.1, 0.15) is 0 Å². The van der Waals surface area contributed by atoms with Gasteiger partial charge in [-0.25, -0.2) is 0 Å². The Morgan fingerprint density at radius 1 is 1.29 bits per heavy atom. The topological polar surface area (TPSA) is 44.3 Å². The quantitative estimate of drug-likeness (QED) is 0.639. The number of nitrogens with one attached hydrogen (secondary N) is 2. The number of hydrogen-bond acceptors (Lipinski definition) is 3. The summed E-state index contributed by atoms with van der Waals surface area (Å²) < 4.78 is 0. The van der Waals surface area contributed by atoms with Crippen LogP contribution in [0.2, 0.25) is 0 Å². The molecule has 1 rings (SSSR count). The lowest BCUT2D eigenvalue weighted by atomic mass is 10.0. The van der Waals surface area contributed by atoms with Crippen LogP contribution < -0.4 is 10.6 Å². The van der Waals surface area contributed by atoms with Gasteiger partial charge >= 0.3 is 0 Å². The van der Waals surface area contributed by atoms with Crippen LogP contribution in [-0.4, -0.2) is 36.9 Å². The fourth-order valence-corrected chi connectivity index (χ4v) is 2.54. The SMILES string of the molecule is CC(CCO)CNC(C)CC1CCCCCN1. The highest BCUT2D eigenvalue weighted by atomic mass is 16.3. The van der Waals surface area contributed by atoms with Gasteiger partial charge < -0.3 is 15.7 Å². The summed E-state index contributed by atoms with van der Waals surface area (Å²) in [5.74, 6) is 0.574. The van der Waals surface area contributed by atoms with E-state index in [1.165, 1.54) is 38.6 Å². The minimum absolute atomic E-state index is 0.307. The van der Waals surface area contributed by atoms with Crippen molar-refractivity contribution in [2.75, 3.05) is 19.7 Å². The van der Waals surface area contributed by atoms with E-state index in [9.17, 15) is 0 Å². The van der Waals surface area contributed by atoms with Crippen LogP contribution in [0.5, 0.6) is 0 Å². The van der Waals surface area contributed by atoms with Gasteiger partial charge in [-0.3, -0.25) is 0 Å². The second-order valence-electron chi connectivity index (χ2n) is 5.66. The molecule has 3 unspecified atom stereocenters. The minimum Gasteiger partial charge on any atom is -0.396 e. The molecule has 1 aliphatic rings. The van der Waals surface area contributed by atoms with Crippen molar-refractivity contribution >= 4 is 0 Å². The Bertz CT molecular complexity index is 179. The van der Waals surface area contributed by atoms with Gasteiger partial charge in [0, 0.05) is 18.7 Å². The van der Waals surface area contributed by atoms with Crippen LogP contribution in [0, 0.1) is 5.92 Å². The Balaban J connectivity index is 2.12. The third kappa shape index (κ3) is 7.02. The second kappa shape index (κ2) is 8.90. The molecule has 0 aromatic rings. The minimum atomic E-state index is 0.307. The average Bonchev–Trinajstić information content (AvgIpc) is 2.55. The van der Waals surface area contributed by atoms with Crippen LogP contribution in [0.3, 0.4) is 0 Å². The predicted molar refractivity (Wildman–Crippen MR) is 73.2 cm³/mol. The summed E-state index contributed by atoms with van der Waals surface area (Å²) in [6, 6.07) is 1.28. The average molecular weight is 242 g/mol. The molecule has 0 amide bonds. The zero-order valence-corrected chi connectivity index (χ0v) is 11.5. The summed E-state index contributed by atoms with van der Waals surface area (Å²) in [4.78, 5) is 0. The normalized spacial score (nSPS) is 25.2. The van der Waals surface area contributed by atoms with Gasteiger partial charge in [0.25, 0.3) is 0 Å². The Morgan fingerprint density at radius 2 is 2.12 bits per heavy atom. The highest BCUT2D eigenvalue weighted by molar-refractivity contribution is 4.76. The van der Waals surface area contributed by atoms with E-state index in [4.69, 9.17) is 5.11 Å². The maximum atomic E-state index is 8.86. The molecule has 3 heteroatoms. The van der Waals surface area contributed by atoms with Crippen LogP contribution >= 0.6 is 0 Å². The summed E-state index contributed by atoms with van der Waals surface area (Å²) in [7, 11) is 0. The lowest BCUT2D eigenvalue weighted by Crippen LogP contribution is -2.38. The summed E-state index contributed by atoms with van der Waals surface area (Å²) >= 11 is 0. The molecule has 0 spiro atoms. The van der Waals surface area contributed by atoms with Crippen LogP contribution in [0.25, 0.3) is 0 Å². The summed E-state index contributed by atoms with van der Waals surface area (Å²) in [5, 5.41) is 16.1. The van der Waals surface area contributed by atoms with E-state index >= 15 is 0 Å². The van der Waals surface area contributed by atoms with Crippen molar-refractivity contribution in [2.45, 2.75) is 64.5 Å². The van der Waals surface area contributed by atoms with Crippen LogP contribution in [0.15, 0.2) is 0 Å². The fourth-order valence-electron chi connectivity index (χ4n) is 2.54. The summed E-state index contributed by atoms with van der Waals surface area (Å²) in [6.07, 6.45) is 7.57. The van der Waals surface area contributed by atoms with E-state index in [-0.39, 0.29) is 0 Å². The molecular weight excluding hydrogens is 212 g/mol. The molecule has 0 radical (unpaired) electrons. The lowest BCUT2D eigenvalue weighted by molar-refractivity contribution is 0.256. The molecule has 1 aliphatic heterocycles. The van der Waals surface area contributed by atoms with E-state index in [1.807, 2.05) is 0 Å². The first-order valence-electron chi connectivity index (χ1n) is 7.30. The summed E-state index contributed by atoms with van der Waals surface area (Å²) in [6.45, 7) is 6.99. The first-order valence-corrected chi connectivity index (χ1v) is 7.30. The zero-order valence-electron chi connectivity index (χ0n) is 11.5. The lowest BCUT2D eigenvalue weighted by Gasteiger charge is -2.22. The van der Waals surface area contributed by atoms with E-state index < -0.39 is 0 Å². The highest BCUT2D eigenvalue weighted by Gasteiger charge is 2.14. The molecule has 1 fully saturated rings. The van der Waals surface area contributed by atoms with Gasteiger partial charge in [-0.15, -0.1) is 0 Å². The standard InChI is InChI=1S/C14H30N2O/c1-12(7-9-17)11-16-13(2)10-14-6-4-3-5-8-15-14/h12-17H,3-11H2,1-2H3. The molecule has 1 heterocycles. The third-order valence-electron chi connectivity index (χ3n) is 3.74.